The smallest absolute Gasteiger partial charge is 0.0472 e. The molecule has 0 atom stereocenters. The fourth-order valence-electron chi connectivity index (χ4n) is 2.78. The van der Waals surface area contributed by atoms with Crippen LogP contribution in [-0.2, 0) is 6.54 Å². The van der Waals surface area contributed by atoms with E-state index in [9.17, 15) is 0 Å². The molecule has 1 heterocycles. The van der Waals surface area contributed by atoms with Crippen LogP contribution in [0.5, 0.6) is 0 Å². The summed E-state index contributed by atoms with van der Waals surface area (Å²) in [6.07, 6.45) is 7.33. The third kappa shape index (κ3) is 4.76. The van der Waals surface area contributed by atoms with Crippen molar-refractivity contribution in [2.75, 3.05) is 6.54 Å². The van der Waals surface area contributed by atoms with Crippen molar-refractivity contribution >= 4 is 22.5 Å². The second-order valence-electron chi connectivity index (χ2n) is 6.73. The first kappa shape index (κ1) is 16.4. The normalized spacial score (nSPS) is 12.2. The molecule has 3 heteroatoms. The number of H-pyrrole nitrogens is 1. The predicted molar refractivity (Wildman–Crippen MR) is 92.9 cm³/mol. The molecule has 1 aromatic heterocycles. The number of nitrogens with one attached hydrogen (secondary N) is 2. The minimum absolute atomic E-state index is 0.366. The number of rotatable bonds is 8. The molecule has 0 fully saturated rings. The predicted octanol–water partition coefficient (Wildman–Crippen LogP) is 5.52. The highest BCUT2D eigenvalue weighted by atomic mass is 35.5. The molecule has 0 aliphatic rings. The Bertz CT molecular complexity index is 572. The van der Waals surface area contributed by atoms with E-state index in [4.69, 9.17) is 11.6 Å². The molecular formula is C18H27ClN2. The maximum Gasteiger partial charge on any atom is 0.0472 e. The topological polar surface area (TPSA) is 27.8 Å². The molecule has 116 valence electrons. The van der Waals surface area contributed by atoms with E-state index >= 15 is 0 Å². The van der Waals surface area contributed by atoms with Crippen LogP contribution in [-0.4, -0.2) is 11.5 Å². The van der Waals surface area contributed by atoms with Crippen LogP contribution in [0.15, 0.2) is 24.4 Å². The van der Waals surface area contributed by atoms with E-state index in [-0.39, 0.29) is 0 Å². The number of aromatic nitrogens is 1. The van der Waals surface area contributed by atoms with Crippen molar-refractivity contribution in [2.24, 2.45) is 5.41 Å². The summed E-state index contributed by atoms with van der Waals surface area (Å²) in [6, 6.07) is 6.03. The van der Waals surface area contributed by atoms with Gasteiger partial charge in [-0.2, -0.15) is 0 Å². The Hall–Kier alpha value is -0.990. The first-order chi connectivity index (χ1) is 10.0. The molecule has 2 rings (SSSR count). The molecule has 0 saturated carbocycles. The molecule has 2 aromatic rings. The lowest BCUT2D eigenvalue weighted by atomic mass is 9.87. The van der Waals surface area contributed by atoms with Gasteiger partial charge in [-0.25, -0.2) is 0 Å². The number of hydrogen-bond acceptors (Lipinski definition) is 1. The van der Waals surface area contributed by atoms with Gasteiger partial charge in [0, 0.05) is 35.2 Å². The Balaban J connectivity index is 1.87. The number of benzene rings is 1. The Morgan fingerprint density at radius 3 is 2.81 bits per heavy atom. The van der Waals surface area contributed by atoms with Gasteiger partial charge in [0.05, 0.1) is 0 Å². The average Bonchev–Trinajstić information content (AvgIpc) is 2.81. The highest BCUT2D eigenvalue weighted by Crippen LogP contribution is 2.24. The van der Waals surface area contributed by atoms with Gasteiger partial charge in [0.25, 0.3) is 0 Å². The minimum Gasteiger partial charge on any atom is -0.361 e. The van der Waals surface area contributed by atoms with E-state index in [1.54, 1.807) is 0 Å². The standard InChI is InChI=1S/C18H27ClN2/c1-4-5-6-9-18(2,3)13-20-11-14-12-21-17-10-15(19)7-8-16(14)17/h7-8,10,12,20-21H,4-6,9,11,13H2,1-3H3. The zero-order valence-electron chi connectivity index (χ0n) is 13.4. The van der Waals surface area contributed by atoms with Crippen molar-refractivity contribution in [3.8, 4) is 0 Å². The first-order valence-corrected chi connectivity index (χ1v) is 8.36. The van der Waals surface area contributed by atoms with Gasteiger partial charge in [0.15, 0.2) is 0 Å². The van der Waals surface area contributed by atoms with Gasteiger partial charge < -0.3 is 10.3 Å². The largest absolute Gasteiger partial charge is 0.361 e. The Labute approximate surface area is 133 Å². The fraction of sp³-hybridized carbons (Fsp3) is 0.556. The second-order valence-corrected chi connectivity index (χ2v) is 7.17. The molecule has 0 aliphatic heterocycles. The molecule has 0 bridgehead atoms. The molecule has 0 aliphatic carbocycles. The number of unbranched alkanes of at least 4 members (excludes halogenated alkanes) is 2. The number of halogens is 1. The summed E-state index contributed by atoms with van der Waals surface area (Å²) in [5, 5.41) is 5.65. The number of aromatic amines is 1. The zero-order chi connectivity index (χ0) is 15.3. The van der Waals surface area contributed by atoms with Crippen molar-refractivity contribution in [3.63, 3.8) is 0 Å². The third-order valence-corrected chi connectivity index (χ3v) is 4.34. The van der Waals surface area contributed by atoms with Crippen molar-refractivity contribution in [1.29, 1.82) is 0 Å². The monoisotopic (exact) mass is 306 g/mol. The van der Waals surface area contributed by atoms with Crippen molar-refractivity contribution in [1.82, 2.24) is 10.3 Å². The zero-order valence-corrected chi connectivity index (χ0v) is 14.2. The van der Waals surface area contributed by atoms with E-state index in [1.165, 1.54) is 36.6 Å². The molecule has 0 radical (unpaired) electrons. The van der Waals surface area contributed by atoms with Gasteiger partial charge in [-0.1, -0.05) is 57.7 Å². The third-order valence-electron chi connectivity index (χ3n) is 4.11. The van der Waals surface area contributed by atoms with Crippen LogP contribution in [0.4, 0.5) is 0 Å². The molecule has 21 heavy (non-hydrogen) atoms. The van der Waals surface area contributed by atoms with Gasteiger partial charge in [-0.15, -0.1) is 0 Å². The number of hydrogen-bond donors (Lipinski definition) is 2. The van der Waals surface area contributed by atoms with Crippen LogP contribution < -0.4 is 5.32 Å². The molecule has 0 unspecified atom stereocenters. The van der Waals surface area contributed by atoms with Crippen LogP contribution >= 0.6 is 11.6 Å². The summed E-state index contributed by atoms with van der Waals surface area (Å²) >= 11 is 6.02. The first-order valence-electron chi connectivity index (χ1n) is 7.98. The van der Waals surface area contributed by atoms with E-state index in [0.717, 1.165) is 23.6 Å². The molecule has 2 N–H and O–H groups in total. The Morgan fingerprint density at radius 1 is 1.24 bits per heavy atom. The van der Waals surface area contributed by atoms with Crippen LogP contribution in [0, 0.1) is 5.41 Å². The van der Waals surface area contributed by atoms with E-state index in [2.05, 4.69) is 43.3 Å². The van der Waals surface area contributed by atoms with Gasteiger partial charge in [-0.05, 0) is 29.5 Å². The summed E-state index contributed by atoms with van der Waals surface area (Å²) in [4.78, 5) is 3.29. The lowest BCUT2D eigenvalue weighted by Crippen LogP contribution is -2.29. The van der Waals surface area contributed by atoms with Crippen LogP contribution in [0.1, 0.15) is 52.0 Å². The number of fused-ring (bicyclic) bond motifs is 1. The molecule has 0 amide bonds. The molecule has 2 nitrogen and oxygen atoms in total. The highest BCUT2D eigenvalue weighted by molar-refractivity contribution is 6.31. The van der Waals surface area contributed by atoms with Gasteiger partial charge in [0.2, 0.25) is 0 Å². The molecule has 0 spiro atoms. The van der Waals surface area contributed by atoms with Gasteiger partial charge in [-0.3, -0.25) is 0 Å². The summed E-state index contributed by atoms with van der Waals surface area (Å²) < 4.78 is 0. The van der Waals surface area contributed by atoms with Crippen molar-refractivity contribution < 1.29 is 0 Å². The fourth-order valence-corrected chi connectivity index (χ4v) is 2.95. The van der Waals surface area contributed by atoms with E-state index in [1.807, 2.05) is 12.1 Å². The molecular weight excluding hydrogens is 280 g/mol. The minimum atomic E-state index is 0.366. The quantitative estimate of drug-likeness (QED) is 0.618. The lowest BCUT2D eigenvalue weighted by Gasteiger charge is -2.25. The highest BCUT2D eigenvalue weighted by Gasteiger charge is 2.16. The average molecular weight is 307 g/mol. The van der Waals surface area contributed by atoms with Crippen molar-refractivity contribution in [2.45, 2.75) is 53.0 Å². The van der Waals surface area contributed by atoms with Gasteiger partial charge >= 0.3 is 0 Å². The summed E-state index contributed by atoms with van der Waals surface area (Å²) in [5.74, 6) is 0. The molecule has 1 aromatic carbocycles. The second kappa shape index (κ2) is 7.33. The molecule has 0 saturated heterocycles. The maximum absolute atomic E-state index is 6.02. The Morgan fingerprint density at radius 2 is 2.05 bits per heavy atom. The van der Waals surface area contributed by atoms with Crippen molar-refractivity contribution in [3.05, 3.63) is 35.0 Å². The van der Waals surface area contributed by atoms with Crippen LogP contribution in [0.3, 0.4) is 0 Å². The van der Waals surface area contributed by atoms with Crippen LogP contribution in [0.2, 0.25) is 5.02 Å². The summed E-state index contributed by atoms with van der Waals surface area (Å²) in [7, 11) is 0. The van der Waals surface area contributed by atoms with E-state index < -0.39 is 0 Å². The summed E-state index contributed by atoms with van der Waals surface area (Å²) in [5.41, 5.74) is 2.79. The summed E-state index contributed by atoms with van der Waals surface area (Å²) in [6.45, 7) is 8.92. The van der Waals surface area contributed by atoms with Crippen LogP contribution in [0.25, 0.3) is 10.9 Å². The lowest BCUT2D eigenvalue weighted by molar-refractivity contribution is 0.302. The maximum atomic E-state index is 6.02. The SMILES string of the molecule is CCCCCC(C)(C)CNCc1c[nH]c2cc(Cl)ccc12. The Kier molecular flexibility index (Phi) is 5.72. The van der Waals surface area contributed by atoms with Gasteiger partial charge in [0.1, 0.15) is 0 Å². The van der Waals surface area contributed by atoms with E-state index in [0.29, 0.717) is 5.41 Å².